The number of nitrogens with zero attached hydrogens (tertiary/aromatic N) is 1. The van der Waals surface area contributed by atoms with E-state index in [4.69, 9.17) is 0 Å². The second-order valence-corrected chi connectivity index (χ2v) is 4.32. The van der Waals surface area contributed by atoms with Gasteiger partial charge in [0, 0.05) is 17.8 Å². The minimum Gasteiger partial charge on any atom is -0.378 e. The Morgan fingerprint density at radius 3 is 2.26 bits per heavy atom. The lowest BCUT2D eigenvalue weighted by atomic mass is 10.0. The van der Waals surface area contributed by atoms with E-state index in [0.717, 1.165) is 12.1 Å². The molecule has 0 aliphatic heterocycles. The molecule has 0 aliphatic rings. The van der Waals surface area contributed by atoms with Crippen molar-refractivity contribution >= 4 is 11.4 Å². The topological polar surface area (TPSA) is 55.2 Å². The van der Waals surface area contributed by atoms with Crippen LogP contribution in [0.25, 0.3) is 0 Å². The third kappa shape index (κ3) is 3.31. The standard InChI is InChI=1S/C15H16N2O2/c1-2-15(12-6-4-3-5-7-12)16-13-8-10-14(11-9-13)17(18)19/h3-11,15-16H,2H2,1H3. The van der Waals surface area contributed by atoms with Gasteiger partial charge in [0.05, 0.1) is 11.0 Å². The minimum absolute atomic E-state index is 0.110. The van der Waals surface area contributed by atoms with Gasteiger partial charge in [0.15, 0.2) is 0 Å². The van der Waals surface area contributed by atoms with E-state index >= 15 is 0 Å². The van der Waals surface area contributed by atoms with Gasteiger partial charge in [0.25, 0.3) is 5.69 Å². The van der Waals surface area contributed by atoms with Crippen LogP contribution in [0.3, 0.4) is 0 Å². The van der Waals surface area contributed by atoms with E-state index < -0.39 is 4.92 Å². The van der Waals surface area contributed by atoms with Crippen molar-refractivity contribution in [2.45, 2.75) is 19.4 Å². The van der Waals surface area contributed by atoms with E-state index in [0.29, 0.717) is 0 Å². The monoisotopic (exact) mass is 256 g/mol. The molecule has 0 radical (unpaired) electrons. The molecular formula is C15H16N2O2. The van der Waals surface area contributed by atoms with E-state index in [2.05, 4.69) is 24.4 Å². The highest BCUT2D eigenvalue weighted by Gasteiger charge is 2.09. The molecule has 4 heteroatoms. The van der Waals surface area contributed by atoms with Crippen LogP contribution in [0.1, 0.15) is 24.9 Å². The molecule has 2 rings (SSSR count). The number of benzene rings is 2. The first-order chi connectivity index (χ1) is 9.20. The SMILES string of the molecule is CCC(Nc1ccc([N+](=O)[O-])cc1)c1ccccc1. The van der Waals surface area contributed by atoms with Gasteiger partial charge in [0.1, 0.15) is 0 Å². The van der Waals surface area contributed by atoms with Gasteiger partial charge in [-0.15, -0.1) is 0 Å². The number of non-ortho nitro benzene ring substituents is 1. The lowest BCUT2D eigenvalue weighted by Crippen LogP contribution is -2.09. The van der Waals surface area contributed by atoms with Crippen LogP contribution in [0.4, 0.5) is 11.4 Å². The van der Waals surface area contributed by atoms with E-state index in [1.54, 1.807) is 12.1 Å². The average molecular weight is 256 g/mol. The Morgan fingerprint density at radius 1 is 1.11 bits per heavy atom. The highest BCUT2D eigenvalue weighted by atomic mass is 16.6. The number of nitro benzene ring substituents is 1. The fourth-order valence-electron chi connectivity index (χ4n) is 1.99. The first-order valence-corrected chi connectivity index (χ1v) is 6.26. The molecule has 0 saturated carbocycles. The Balaban J connectivity index is 2.12. The molecule has 4 nitrogen and oxygen atoms in total. The summed E-state index contributed by atoms with van der Waals surface area (Å²) in [5.41, 5.74) is 2.21. The fraction of sp³-hybridized carbons (Fsp3) is 0.200. The Bertz CT molecular complexity index is 538. The predicted molar refractivity (Wildman–Crippen MR) is 76.2 cm³/mol. The van der Waals surface area contributed by atoms with Crippen molar-refractivity contribution in [2.24, 2.45) is 0 Å². The van der Waals surface area contributed by atoms with Gasteiger partial charge in [-0.3, -0.25) is 10.1 Å². The molecule has 98 valence electrons. The van der Waals surface area contributed by atoms with Crippen molar-refractivity contribution in [2.75, 3.05) is 5.32 Å². The third-order valence-electron chi connectivity index (χ3n) is 3.03. The molecular weight excluding hydrogens is 240 g/mol. The maximum Gasteiger partial charge on any atom is 0.269 e. The minimum atomic E-state index is -0.391. The van der Waals surface area contributed by atoms with Crippen LogP contribution in [0.5, 0.6) is 0 Å². The largest absolute Gasteiger partial charge is 0.378 e. The van der Waals surface area contributed by atoms with Crippen LogP contribution in [0.2, 0.25) is 0 Å². The van der Waals surface area contributed by atoms with Crippen LogP contribution in [0.15, 0.2) is 54.6 Å². The molecule has 0 saturated heterocycles. The maximum atomic E-state index is 10.6. The van der Waals surface area contributed by atoms with Crippen LogP contribution in [-0.4, -0.2) is 4.92 Å². The average Bonchev–Trinajstić information content (AvgIpc) is 2.46. The first-order valence-electron chi connectivity index (χ1n) is 6.26. The number of hydrogen-bond donors (Lipinski definition) is 1. The Morgan fingerprint density at radius 2 is 1.74 bits per heavy atom. The fourth-order valence-corrected chi connectivity index (χ4v) is 1.99. The van der Waals surface area contributed by atoms with Gasteiger partial charge in [-0.25, -0.2) is 0 Å². The summed E-state index contributed by atoms with van der Waals surface area (Å²) in [6.07, 6.45) is 0.945. The smallest absolute Gasteiger partial charge is 0.269 e. The maximum absolute atomic E-state index is 10.6. The van der Waals surface area contributed by atoms with Crippen LogP contribution in [0, 0.1) is 10.1 Å². The van der Waals surface area contributed by atoms with Gasteiger partial charge in [-0.1, -0.05) is 37.3 Å². The molecule has 0 spiro atoms. The molecule has 1 unspecified atom stereocenters. The number of nitrogens with one attached hydrogen (secondary N) is 1. The van der Waals surface area contributed by atoms with Crippen molar-refractivity contribution in [3.8, 4) is 0 Å². The Kier molecular flexibility index (Phi) is 4.13. The van der Waals surface area contributed by atoms with E-state index in [9.17, 15) is 10.1 Å². The summed E-state index contributed by atoms with van der Waals surface area (Å²) in [6.45, 7) is 2.11. The Labute approximate surface area is 112 Å². The lowest BCUT2D eigenvalue weighted by Gasteiger charge is -2.18. The van der Waals surface area contributed by atoms with E-state index in [-0.39, 0.29) is 11.7 Å². The summed E-state index contributed by atoms with van der Waals surface area (Å²) in [6, 6.07) is 16.9. The summed E-state index contributed by atoms with van der Waals surface area (Å²) >= 11 is 0. The zero-order chi connectivity index (χ0) is 13.7. The zero-order valence-corrected chi connectivity index (χ0v) is 10.7. The molecule has 0 fully saturated rings. The molecule has 2 aromatic rings. The van der Waals surface area contributed by atoms with Gasteiger partial charge in [0.2, 0.25) is 0 Å². The number of nitro groups is 1. The number of anilines is 1. The summed E-state index contributed by atoms with van der Waals surface area (Å²) in [5.74, 6) is 0. The van der Waals surface area contributed by atoms with Crippen molar-refractivity contribution in [1.82, 2.24) is 0 Å². The Hall–Kier alpha value is -2.36. The molecule has 2 aromatic carbocycles. The molecule has 1 atom stereocenters. The van der Waals surface area contributed by atoms with Crippen molar-refractivity contribution < 1.29 is 4.92 Å². The highest BCUT2D eigenvalue weighted by Crippen LogP contribution is 2.23. The third-order valence-corrected chi connectivity index (χ3v) is 3.03. The van der Waals surface area contributed by atoms with Crippen LogP contribution < -0.4 is 5.32 Å². The molecule has 0 aromatic heterocycles. The van der Waals surface area contributed by atoms with Gasteiger partial charge in [-0.2, -0.15) is 0 Å². The van der Waals surface area contributed by atoms with E-state index in [1.807, 2.05) is 18.2 Å². The van der Waals surface area contributed by atoms with Crippen LogP contribution >= 0.6 is 0 Å². The van der Waals surface area contributed by atoms with Crippen molar-refractivity contribution in [3.63, 3.8) is 0 Å². The number of rotatable bonds is 5. The van der Waals surface area contributed by atoms with Crippen LogP contribution in [-0.2, 0) is 0 Å². The summed E-state index contributed by atoms with van der Waals surface area (Å²) in [5, 5.41) is 14.0. The first kappa shape index (κ1) is 13.1. The molecule has 0 heterocycles. The van der Waals surface area contributed by atoms with Gasteiger partial charge in [-0.05, 0) is 24.1 Å². The normalized spacial score (nSPS) is 11.8. The van der Waals surface area contributed by atoms with Gasteiger partial charge >= 0.3 is 0 Å². The zero-order valence-electron chi connectivity index (χ0n) is 10.7. The quantitative estimate of drug-likeness (QED) is 0.645. The molecule has 0 aliphatic carbocycles. The summed E-state index contributed by atoms with van der Waals surface area (Å²) in [4.78, 5) is 10.2. The second kappa shape index (κ2) is 6.00. The number of hydrogen-bond acceptors (Lipinski definition) is 3. The van der Waals surface area contributed by atoms with Crippen molar-refractivity contribution in [1.29, 1.82) is 0 Å². The summed E-state index contributed by atoms with van der Waals surface area (Å²) < 4.78 is 0. The lowest BCUT2D eigenvalue weighted by molar-refractivity contribution is -0.384. The predicted octanol–water partition coefficient (Wildman–Crippen LogP) is 4.16. The second-order valence-electron chi connectivity index (χ2n) is 4.32. The van der Waals surface area contributed by atoms with E-state index in [1.165, 1.54) is 17.7 Å². The molecule has 1 N–H and O–H groups in total. The van der Waals surface area contributed by atoms with Gasteiger partial charge < -0.3 is 5.32 Å². The van der Waals surface area contributed by atoms with Crippen molar-refractivity contribution in [3.05, 3.63) is 70.3 Å². The molecule has 0 amide bonds. The highest BCUT2D eigenvalue weighted by molar-refractivity contribution is 5.50. The summed E-state index contributed by atoms with van der Waals surface area (Å²) in [7, 11) is 0. The molecule has 19 heavy (non-hydrogen) atoms. The molecule has 0 bridgehead atoms.